The van der Waals surface area contributed by atoms with Crippen molar-refractivity contribution < 1.29 is 0 Å². The molecule has 27 heavy (non-hydrogen) atoms. The smallest absolute Gasteiger partial charge is 0.0610 e. The zero-order valence-electron chi connectivity index (χ0n) is 14.7. The number of para-hydroxylation sites is 2. The predicted molar refractivity (Wildman–Crippen MR) is 115 cm³/mol. The largest absolute Gasteiger partial charge is 0.308 e. The maximum Gasteiger partial charge on any atom is 0.0610 e. The van der Waals surface area contributed by atoms with Gasteiger partial charge < -0.3 is 4.90 Å². The number of hydrogen-bond donors (Lipinski definition) is 0. The maximum atomic E-state index is 2.42. The molecule has 0 N–H and O–H groups in total. The number of fused-ring (bicyclic) bond motifs is 3. The van der Waals surface area contributed by atoms with E-state index >= 15 is 0 Å². The van der Waals surface area contributed by atoms with Crippen LogP contribution in [0.3, 0.4) is 0 Å². The molecule has 6 rings (SSSR count). The molecule has 2 heteroatoms. The zero-order chi connectivity index (χ0) is 17.8. The Kier molecular flexibility index (Phi) is 3.23. The topological polar surface area (TPSA) is 3.24 Å². The summed E-state index contributed by atoms with van der Waals surface area (Å²) in [5.41, 5.74) is 6.55. The van der Waals surface area contributed by atoms with Crippen molar-refractivity contribution in [3.8, 4) is 0 Å². The van der Waals surface area contributed by atoms with Crippen molar-refractivity contribution in [2.24, 2.45) is 0 Å². The molecule has 0 spiro atoms. The number of anilines is 3. The Balaban J connectivity index is 1.71. The van der Waals surface area contributed by atoms with Crippen LogP contribution in [0.15, 0.2) is 94.7 Å². The summed E-state index contributed by atoms with van der Waals surface area (Å²) in [5, 5.41) is 2.74. The molecule has 1 aliphatic heterocycles. The van der Waals surface area contributed by atoms with Gasteiger partial charge in [-0.3, -0.25) is 0 Å². The van der Waals surface area contributed by atoms with Crippen LogP contribution in [0.25, 0.3) is 16.8 Å². The van der Waals surface area contributed by atoms with Crippen LogP contribution < -0.4 is 4.90 Å². The maximum absolute atomic E-state index is 2.42. The molecule has 0 radical (unpaired) electrons. The lowest BCUT2D eigenvalue weighted by Crippen LogP contribution is -2.16. The molecule has 2 aliphatic rings. The normalized spacial score (nSPS) is 14.1. The molecular weight excluding hydrogens is 346 g/mol. The van der Waals surface area contributed by atoms with Gasteiger partial charge in [0.15, 0.2) is 0 Å². The van der Waals surface area contributed by atoms with Crippen LogP contribution in [0.4, 0.5) is 17.1 Å². The Bertz CT molecular complexity index is 1220. The van der Waals surface area contributed by atoms with Crippen LogP contribution in [0.1, 0.15) is 11.1 Å². The van der Waals surface area contributed by atoms with Gasteiger partial charge in [-0.25, -0.2) is 0 Å². The molecular formula is C25H17NS. The zero-order valence-corrected chi connectivity index (χ0v) is 15.5. The highest BCUT2D eigenvalue weighted by atomic mass is 32.2. The van der Waals surface area contributed by atoms with E-state index in [0.717, 1.165) is 6.42 Å². The molecule has 0 atom stereocenters. The second kappa shape index (κ2) is 5.77. The quantitative estimate of drug-likeness (QED) is 0.306. The van der Waals surface area contributed by atoms with Crippen LogP contribution in [0.5, 0.6) is 0 Å². The van der Waals surface area contributed by atoms with Crippen LogP contribution in [-0.2, 0) is 6.42 Å². The molecule has 0 fully saturated rings. The lowest BCUT2D eigenvalue weighted by atomic mass is 9.92. The summed E-state index contributed by atoms with van der Waals surface area (Å²) in [4.78, 5) is 5.13. The van der Waals surface area contributed by atoms with Gasteiger partial charge >= 0.3 is 0 Å². The summed E-state index contributed by atoms with van der Waals surface area (Å²) in [5.74, 6) is 0. The van der Waals surface area contributed by atoms with Gasteiger partial charge in [-0.05, 0) is 58.7 Å². The van der Waals surface area contributed by atoms with Crippen molar-refractivity contribution in [3.05, 3.63) is 96.1 Å². The molecule has 0 saturated heterocycles. The van der Waals surface area contributed by atoms with E-state index in [9.17, 15) is 0 Å². The Morgan fingerprint density at radius 3 is 2.56 bits per heavy atom. The summed E-state index contributed by atoms with van der Waals surface area (Å²) in [6.07, 6.45) is 5.55. The van der Waals surface area contributed by atoms with Gasteiger partial charge in [-0.2, -0.15) is 0 Å². The summed E-state index contributed by atoms with van der Waals surface area (Å²) >= 11 is 1.91. The molecule has 0 unspecified atom stereocenters. The molecule has 1 nitrogen and oxygen atoms in total. The highest BCUT2D eigenvalue weighted by Gasteiger charge is 2.28. The Morgan fingerprint density at radius 2 is 1.63 bits per heavy atom. The van der Waals surface area contributed by atoms with Crippen LogP contribution in [0.2, 0.25) is 0 Å². The molecule has 0 saturated carbocycles. The first-order chi connectivity index (χ1) is 13.4. The van der Waals surface area contributed by atoms with E-state index in [0.29, 0.717) is 0 Å². The summed E-state index contributed by atoms with van der Waals surface area (Å²) in [7, 11) is 0. The van der Waals surface area contributed by atoms with Gasteiger partial charge in [0.25, 0.3) is 0 Å². The first kappa shape index (κ1) is 15.1. The third-order valence-electron chi connectivity index (χ3n) is 5.42. The minimum Gasteiger partial charge on any atom is -0.308 e. The number of rotatable bonds is 1. The third-order valence-corrected chi connectivity index (χ3v) is 6.65. The number of hydrogen-bond acceptors (Lipinski definition) is 2. The van der Waals surface area contributed by atoms with Crippen molar-refractivity contribution in [3.63, 3.8) is 0 Å². The Labute approximate surface area is 163 Å². The van der Waals surface area contributed by atoms with E-state index in [1.807, 2.05) is 11.8 Å². The predicted octanol–water partition coefficient (Wildman–Crippen LogP) is 7.34. The minimum absolute atomic E-state index is 0.995. The molecule has 4 aromatic carbocycles. The number of benzene rings is 4. The summed E-state index contributed by atoms with van der Waals surface area (Å²) in [6, 6.07) is 28.4. The molecule has 128 valence electrons. The lowest BCUT2D eigenvalue weighted by Gasteiger charge is -2.35. The highest BCUT2D eigenvalue weighted by molar-refractivity contribution is 7.99. The van der Waals surface area contributed by atoms with Crippen molar-refractivity contribution in [2.75, 3.05) is 4.90 Å². The molecule has 0 amide bonds. The fourth-order valence-corrected chi connectivity index (χ4v) is 5.47. The van der Waals surface area contributed by atoms with E-state index in [1.165, 1.54) is 48.8 Å². The standard InChI is InChI=1S/C25H17NS/c1-2-11-19(12-3-1)26-21-14-4-5-15-23(21)27-25-20-13-7-9-17-8-6-10-18(24(17)20)16-22(25)26/h1-12,14-16H,13H2. The highest BCUT2D eigenvalue weighted by Crippen LogP contribution is 2.54. The van der Waals surface area contributed by atoms with Crippen LogP contribution >= 0.6 is 11.8 Å². The SMILES string of the molecule is C1=Cc2cccc3cc4c(c(c23)C1)Sc1ccccc1N4c1ccccc1. The van der Waals surface area contributed by atoms with Gasteiger partial charge in [0, 0.05) is 15.5 Å². The fourth-order valence-electron chi connectivity index (χ4n) is 4.28. The molecule has 0 aromatic heterocycles. The molecule has 4 aromatic rings. The minimum atomic E-state index is 0.995. The van der Waals surface area contributed by atoms with Gasteiger partial charge in [-0.15, -0.1) is 0 Å². The summed E-state index contributed by atoms with van der Waals surface area (Å²) < 4.78 is 0. The molecule has 1 aliphatic carbocycles. The number of nitrogens with zero attached hydrogens (tertiary/aromatic N) is 1. The first-order valence-electron chi connectivity index (χ1n) is 9.27. The Hall–Kier alpha value is -2.97. The average Bonchev–Trinajstić information content (AvgIpc) is 2.73. The van der Waals surface area contributed by atoms with Gasteiger partial charge in [0.2, 0.25) is 0 Å². The van der Waals surface area contributed by atoms with Crippen molar-refractivity contribution in [1.82, 2.24) is 0 Å². The average molecular weight is 363 g/mol. The molecule has 1 heterocycles. The lowest BCUT2D eigenvalue weighted by molar-refractivity contribution is 1.12. The van der Waals surface area contributed by atoms with E-state index in [1.54, 1.807) is 0 Å². The Morgan fingerprint density at radius 1 is 0.778 bits per heavy atom. The van der Waals surface area contributed by atoms with Crippen LogP contribution in [0, 0.1) is 0 Å². The van der Waals surface area contributed by atoms with Crippen molar-refractivity contribution >= 4 is 45.7 Å². The van der Waals surface area contributed by atoms with E-state index in [2.05, 4.69) is 95.9 Å². The fraction of sp³-hybridized carbons (Fsp3) is 0.0400. The summed E-state index contributed by atoms with van der Waals surface area (Å²) in [6.45, 7) is 0. The number of allylic oxidation sites excluding steroid dienone is 1. The van der Waals surface area contributed by atoms with Gasteiger partial charge in [0.05, 0.1) is 11.4 Å². The monoisotopic (exact) mass is 363 g/mol. The van der Waals surface area contributed by atoms with E-state index < -0.39 is 0 Å². The van der Waals surface area contributed by atoms with Crippen molar-refractivity contribution in [2.45, 2.75) is 16.2 Å². The second-order valence-corrected chi connectivity index (χ2v) is 8.05. The van der Waals surface area contributed by atoms with E-state index in [4.69, 9.17) is 0 Å². The second-order valence-electron chi connectivity index (χ2n) is 7.00. The third kappa shape index (κ3) is 2.20. The van der Waals surface area contributed by atoms with Crippen LogP contribution in [-0.4, -0.2) is 0 Å². The van der Waals surface area contributed by atoms with E-state index in [-0.39, 0.29) is 0 Å². The van der Waals surface area contributed by atoms with Gasteiger partial charge in [-0.1, -0.05) is 72.4 Å². The van der Waals surface area contributed by atoms with Gasteiger partial charge in [0.1, 0.15) is 0 Å². The van der Waals surface area contributed by atoms with Crippen molar-refractivity contribution in [1.29, 1.82) is 0 Å². The molecule has 0 bridgehead atoms. The first-order valence-corrected chi connectivity index (χ1v) is 10.1.